The number of ether oxygens (including phenoxy) is 1. The maximum absolute atomic E-state index is 13.6. The average Bonchev–Trinajstić information content (AvgIpc) is 3.02. The summed E-state index contributed by atoms with van der Waals surface area (Å²) in [5, 5.41) is 3.21. The van der Waals surface area contributed by atoms with Crippen molar-refractivity contribution in [2.75, 3.05) is 16.8 Å². The normalized spacial score (nSPS) is 13.6. The van der Waals surface area contributed by atoms with Gasteiger partial charge in [-0.2, -0.15) is 0 Å². The number of benzene rings is 3. The van der Waals surface area contributed by atoms with Crippen molar-refractivity contribution in [3.05, 3.63) is 94.0 Å². The van der Waals surface area contributed by atoms with Gasteiger partial charge in [-0.15, -0.1) is 0 Å². The molecule has 0 saturated carbocycles. The number of thioether (sulfide) groups is 1. The van der Waals surface area contributed by atoms with Crippen molar-refractivity contribution in [3.63, 3.8) is 0 Å². The summed E-state index contributed by atoms with van der Waals surface area (Å²) in [7, 11) is 0. The highest BCUT2D eigenvalue weighted by Gasteiger charge is 2.41. The molecule has 1 aliphatic heterocycles. The summed E-state index contributed by atoms with van der Waals surface area (Å²) in [6, 6.07) is 20.9. The molecule has 0 aliphatic carbocycles. The number of anilines is 2. The first-order valence-electron chi connectivity index (χ1n) is 10.8. The Kier molecular flexibility index (Phi) is 6.56. The van der Waals surface area contributed by atoms with Crippen LogP contribution in [0.3, 0.4) is 0 Å². The first-order chi connectivity index (χ1) is 15.9. The van der Waals surface area contributed by atoms with E-state index in [2.05, 4.69) is 5.32 Å². The van der Waals surface area contributed by atoms with E-state index in [1.165, 1.54) is 16.7 Å². The van der Waals surface area contributed by atoms with E-state index in [4.69, 9.17) is 4.74 Å². The molecule has 1 heterocycles. The second-order valence-electron chi connectivity index (χ2n) is 7.84. The first-order valence-corrected chi connectivity index (χ1v) is 11.6. The number of imide groups is 1. The summed E-state index contributed by atoms with van der Waals surface area (Å²) in [6.07, 6.45) is 0. The largest absolute Gasteiger partial charge is 0.492 e. The minimum absolute atomic E-state index is 0.249. The van der Waals surface area contributed by atoms with E-state index >= 15 is 0 Å². The second-order valence-corrected chi connectivity index (χ2v) is 8.92. The van der Waals surface area contributed by atoms with E-state index in [9.17, 15) is 9.59 Å². The molecule has 5 nitrogen and oxygen atoms in total. The average molecular weight is 459 g/mol. The number of hydrogen-bond acceptors (Lipinski definition) is 5. The Balaban J connectivity index is 1.79. The van der Waals surface area contributed by atoms with Crippen LogP contribution in [0.25, 0.3) is 0 Å². The van der Waals surface area contributed by atoms with Crippen LogP contribution in [-0.2, 0) is 9.59 Å². The van der Waals surface area contributed by atoms with Crippen LogP contribution in [0.15, 0.2) is 82.2 Å². The predicted molar refractivity (Wildman–Crippen MR) is 134 cm³/mol. The van der Waals surface area contributed by atoms with Crippen LogP contribution in [0.5, 0.6) is 5.75 Å². The van der Waals surface area contributed by atoms with Crippen molar-refractivity contribution >= 4 is 35.0 Å². The molecule has 0 spiro atoms. The van der Waals surface area contributed by atoms with Crippen molar-refractivity contribution in [3.8, 4) is 5.75 Å². The lowest BCUT2D eigenvalue weighted by Crippen LogP contribution is -2.33. The fraction of sp³-hybridized carbons (Fsp3) is 0.185. The number of aryl methyl sites for hydroxylation is 2. The first kappa shape index (κ1) is 22.7. The lowest BCUT2D eigenvalue weighted by atomic mass is 10.1. The lowest BCUT2D eigenvalue weighted by Gasteiger charge is -2.19. The maximum atomic E-state index is 13.6. The zero-order valence-electron chi connectivity index (χ0n) is 19.1. The smallest absolute Gasteiger partial charge is 0.283 e. The topological polar surface area (TPSA) is 58.6 Å². The Hall–Kier alpha value is -3.51. The van der Waals surface area contributed by atoms with E-state index in [1.807, 2.05) is 94.4 Å². The molecule has 0 aromatic heterocycles. The highest BCUT2D eigenvalue weighted by atomic mass is 32.2. The third-order valence-electron chi connectivity index (χ3n) is 5.55. The minimum Gasteiger partial charge on any atom is -0.492 e. The van der Waals surface area contributed by atoms with Gasteiger partial charge in [0, 0.05) is 4.90 Å². The van der Waals surface area contributed by atoms with Crippen molar-refractivity contribution in [2.24, 2.45) is 0 Å². The van der Waals surface area contributed by atoms with Crippen LogP contribution in [0.2, 0.25) is 0 Å². The van der Waals surface area contributed by atoms with Crippen molar-refractivity contribution < 1.29 is 14.3 Å². The van der Waals surface area contributed by atoms with Gasteiger partial charge in [0.2, 0.25) is 0 Å². The molecule has 3 aromatic carbocycles. The van der Waals surface area contributed by atoms with Gasteiger partial charge in [0.05, 0.1) is 18.0 Å². The maximum Gasteiger partial charge on any atom is 0.283 e. The lowest BCUT2D eigenvalue weighted by molar-refractivity contribution is -0.120. The summed E-state index contributed by atoms with van der Waals surface area (Å²) in [4.78, 5) is 29.8. The number of carbonyl (C=O) groups excluding carboxylic acids is 2. The van der Waals surface area contributed by atoms with Gasteiger partial charge in [0.25, 0.3) is 11.8 Å². The fourth-order valence-electron chi connectivity index (χ4n) is 3.62. The highest BCUT2D eigenvalue weighted by Crippen LogP contribution is 2.40. The van der Waals surface area contributed by atoms with Gasteiger partial charge >= 0.3 is 0 Å². The van der Waals surface area contributed by atoms with Gasteiger partial charge in [0.1, 0.15) is 16.4 Å². The van der Waals surface area contributed by atoms with E-state index in [-0.39, 0.29) is 17.5 Å². The standard InChI is InChI=1S/C27H26N2O3S/c1-5-32-23-12-7-6-10-21(23)28-24-25(33-20-15-13-17(2)14-16-20)27(31)29(26(24)30)22-11-8-9-18(3)19(22)4/h6-16,28H,5H2,1-4H3. The van der Waals surface area contributed by atoms with Gasteiger partial charge < -0.3 is 10.1 Å². The Bertz CT molecular complexity index is 1250. The Labute approximate surface area is 198 Å². The molecule has 0 fully saturated rings. The summed E-state index contributed by atoms with van der Waals surface area (Å²) in [6.45, 7) is 8.30. The zero-order chi connectivity index (χ0) is 23.5. The fourth-order valence-corrected chi connectivity index (χ4v) is 4.55. The van der Waals surface area contributed by atoms with Gasteiger partial charge in [-0.05, 0) is 69.2 Å². The van der Waals surface area contributed by atoms with Crippen LogP contribution >= 0.6 is 11.8 Å². The quantitative estimate of drug-likeness (QED) is 0.440. The molecule has 168 valence electrons. The van der Waals surface area contributed by atoms with Crippen LogP contribution in [0.1, 0.15) is 23.6 Å². The second kappa shape index (κ2) is 9.55. The molecular weight excluding hydrogens is 432 g/mol. The molecule has 33 heavy (non-hydrogen) atoms. The summed E-state index contributed by atoms with van der Waals surface area (Å²) in [5.41, 5.74) is 4.53. The molecule has 0 radical (unpaired) electrons. The van der Waals surface area contributed by atoms with Crippen LogP contribution in [0.4, 0.5) is 11.4 Å². The molecule has 1 aliphatic rings. The molecule has 3 aromatic rings. The number of amides is 2. The third-order valence-corrected chi connectivity index (χ3v) is 6.64. The van der Waals surface area contributed by atoms with Gasteiger partial charge in [0.15, 0.2) is 0 Å². The zero-order valence-corrected chi connectivity index (χ0v) is 20.0. The molecule has 6 heteroatoms. The molecule has 0 unspecified atom stereocenters. The number of nitrogens with zero attached hydrogens (tertiary/aromatic N) is 1. The number of rotatable bonds is 7. The predicted octanol–water partition coefficient (Wildman–Crippen LogP) is 6.00. The van der Waals surface area contributed by atoms with Crippen molar-refractivity contribution in [1.29, 1.82) is 0 Å². The molecule has 0 bridgehead atoms. The SMILES string of the molecule is CCOc1ccccc1NC1=C(Sc2ccc(C)cc2)C(=O)N(c2cccc(C)c2C)C1=O. The van der Waals surface area contributed by atoms with E-state index in [0.717, 1.165) is 21.6 Å². The molecular formula is C27H26N2O3S. The van der Waals surface area contributed by atoms with Crippen molar-refractivity contribution in [1.82, 2.24) is 0 Å². The Morgan fingerprint density at radius 3 is 2.33 bits per heavy atom. The highest BCUT2D eigenvalue weighted by molar-refractivity contribution is 8.04. The third kappa shape index (κ3) is 4.52. The minimum atomic E-state index is -0.380. The van der Waals surface area contributed by atoms with Crippen LogP contribution in [-0.4, -0.2) is 18.4 Å². The Morgan fingerprint density at radius 1 is 0.879 bits per heavy atom. The molecule has 0 atom stereocenters. The summed E-state index contributed by atoms with van der Waals surface area (Å²) < 4.78 is 5.72. The monoisotopic (exact) mass is 458 g/mol. The molecule has 4 rings (SSSR count). The van der Waals surface area contributed by atoms with Gasteiger partial charge in [-0.1, -0.05) is 53.7 Å². The van der Waals surface area contributed by atoms with E-state index < -0.39 is 0 Å². The van der Waals surface area contributed by atoms with Crippen molar-refractivity contribution in [2.45, 2.75) is 32.6 Å². The molecule has 2 amide bonds. The van der Waals surface area contributed by atoms with Crippen LogP contribution < -0.4 is 15.0 Å². The molecule has 0 saturated heterocycles. The van der Waals surface area contributed by atoms with Gasteiger partial charge in [-0.25, -0.2) is 4.90 Å². The number of para-hydroxylation sites is 2. The molecule has 1 N–H and O–H groups in total. The summed E-state index contributed by atoms with van der Waals surface area (Å²) in [5.74, 6) is -0.0945. The Morgan fingerprint density at radius 2 is 1.61 bits per heavy atom. The van der Waals surface area contributed by atoms with Gasteiger partial charge in [-0.3, -0.25) is 9.59 Å². The van der Waals surface area contributed by atoms with E-state index in [0.29, 0.717) is 28.6 Å². The number of nitrogens with one attached hydrogen (secondary N) is 1. The summed E-state index contributed by atoms with van der Waals surface area (Å²) >= 11 is 1.29. The van der Waals surface area contributed by atoms with E-state index in [1.54, 1.807) is 0 Å². The number of carbonyl (C=O) groups is 2. The number of hydrogen-bond donors (Lipinski definition) is 1. The van der Waals surface area contributed by atoms with Crippen LogP contribution in [0, 0.1) is 20.8 Å².